The largest absolute Gasteiger partial charge is 0.411 e. The van der Waals surface area contributed by atoms with Crippen molar-refractivity contribution < 1.29 is 13.6 Å². The van der Waals surface area contributed by atoms with Crippen molar-refractivity contribution in [2.24, 2.45) is 0 Å². The van der Waals surface area contributed by atoms with Crippen molar-refractivity contribution in [1.82, 2.24) is 35.0 Å². The first kappa shape index (κ1) is 20.2. The number of nitrogens with one attached hydrogen (secondary N) is 1. The Balaban J connectivity index is 1.41. The molecule has 10 heteroatoms. The van der Waals surface area contributed by atoms with Gasteiger partial charge in [0.1, 0.15) is 17.6 Å². The van der Waals surface area contributed by atoms with E-state index in [-0.39, 0.29) is 23.4 Å². The quantitative estimate of drug-likeness (QED) is 0.439. The van der Waals surface area contributed by atoms with E-state index in [2.05, 4.69) is 30.1 Å². The third-order valence-corrected chi connectivity index (χ3v) is 5.98. The molecular weight excluding hydrogens is 437 g/mol. The number of rotatable bonds is 3. The molecule has 1 aliphatic rings. The number of halogens is 1. The molecule has 0 spiro atoms. The van der Waals surface area contributed by atoms with Gasteiger partial charge in [-0.05, 0) is 23.6 Å². The van der Waals surface area contributed by atoms with Crippen LogP contribution in [0.2, 0.25) is 0 Å². The molecule has 4 aromatic heterocycles. The van der Waals surface area contributed by atoms with Crippen LogP contribution in [0.25, 0.3) is 22.4 Å². The number of hydrogen-bond acceptors (Lipinski definition) is 7. The second kappa shape index (κ2) is 7.84. The Labute approximate surface area is 192 Å². The van der Waals surface area contributed by atoms with Crippen molar-refractivity contribution in [3.8, 4) is 11.6 Å². The van der Waals surface area contributed by atoms with E-state index in [1.807, 2.05) is 37.3 Å². The number of carbonyl (C=O) groups is 1. The zero-order chi connectivity index (χ0) is 23.2. The van der Waals surface area contributed by atoms with E-state index in [0.29, 0.717) is 12.2 Å². The molecule has 0 bridgehead atoms. The number of benzene rings is 1. The summed E-state index contributed by atoms with van der Waals surface area (Å²) in [5, 5.41) is 9.90. The molecule has 1 aromatic carbocycles. The van der Waals surface area contributed by atoms with Gasteiger partial charge in [0, 0.05) is 29.7 Å². The molecule has 1 N–H and O–H groups in total. The van der Waals surface area contributed by atoms with E-state index in [1.54, 1.807) is 17.4 Å². The summed E-state index contributed by atoms with van der Waals surface area (Å²) >= 11 is 0. The monoisotopic (exact) mass is 455 g/mol. The number of nitrogens with zero attached hydrogens (tertiary/aromatic N) is 6. The normalized spacial score (nSPS) is 17.6. The van der Waals surface area contributed by atoms with Crippen molar-refractivity contribution in [3.05, 3.63) is 90.0 Å². The fourth-order valence-corrected chi connectivity index (χ4v) is 4.36. The number of carbonyl (C=O) groups excluding carboxylic acids is 1. The highest BCUT2D eigenvalue weighted by molar-refractivity contribution is 5.91. The first-order valence-electron chi connectivity index (χ1n) is 10.7. The summed E-state index contributed by atoms with van der Waals surface area (Å²) in [7, 11) is 0. The molecular formula is C24H18FN7O2. The molecule has 5 heterocycles. The van der Waals surface area contributed by atoms with Gasteiger partial charge in [0.25, 0.3) is 5.89 Å². The average Bonchev–Trinajstić information content (AvgIpc) is 3.54. The lowest BCUT2D eigenvalue weighted by molar-refractivity contribution is 0.0629. The van der Waals surface area contributed by atoms with E-state index >= 15 is 0 Å². The molecule has 0 saturated heterocycles. The molecule has 6 rings (SSSR count). The summed E-state index contributed by atoms with van der Waals surface area (Å²) in [6.45, 7) is 2.42. The molecule has 2 atom stereocenters. The van der Waals surface area contributed by atoms with Crippen LogP contribution in [-0.4, -0.2) is 47.5 Å². The van der Waals surface area contributed by atoms with E-state index in [4.69, 9.17) is 4.42 Å². The van der Waals surface area contributed by atoms with Crippen molar-refractivity contribution in [3.63, 3.8) is 0 Å². The lowest BCUT2D eigenvalue weighted by Gasteiger charge is -2.36. The van der Waals surface area contributed by atoms with Gasteiger partial charge in [-0.3, -0.25) is 9.78 Å². The smallest absolute Gasteiger partial charge is 0.312 e. The van der Waals surface area contributed by atoms with E-state index < -0.39 is 17.8 Å². The van der Waals surface area contributed by atoms with Gasteiger partial charge in [-0.1, -0.05) is 31.2 Å². The molecule has 0 unspecified atom stereocenters. The Morgan fingerprint density at radius 2 is 1.94 bits per heavy atom. The Kier molecular flexibility index (Phi) is 4.65. The van der Waals surface area contributed by atoms with Gasteiger partial charge in [-0.15, -0.1) is 10.2 Å². The van der Waals surface area contributed by atoms with Gasteiger partial charge < -0.3 is 14.3 Å². The third-order valence-electron chi connectivity index (χ3n) is 5.98. The molecule has 0 fully saturated rings. The van der Waals surface area contributed by atoms with E-state index in [1.165, 1.54) is 12.1 Å². The van der Waals surface area contributed by atoms with Crippen LogP contribution in [0.1, 0.15) is 46.7 Å². The number of aromatic nitrogens is 6. The molecule has 0 saturated carbocycles. The maximum atomic E-state index is 13.6. The predicted octanol–water partition coefficient (Wildman–Crippen LogP) is 3.89. The number of H-pyrrole nitrogens is 1. The summed E-state index contributed by atoms with van der Waals surface area (Å²) in [4.78, 5) is 31.6. The van der Waals surface area contributed by atoms with Crippen LogP contribution in [0.3, 0.4) is 0 Å². The summed E-state index contributed by atoms with van der Waals surface area (Å²) in [6.07, 6.45) is 4.48. The van der Waals surface area contributed by atoms with Gasteiger partial charge in [-0.25, -0.2) is 14.4 Å². The third kappa shape index (κ3) is 3.31. The zero-order valence-corrected chi connectivity index (χ0v) is 18.0. The number of pyridine rings is 2. The van der Waals surface area contributed by atoms with Crippen LogP contribution >= 0.6 is 0 Å². The average molecular weight is 455 g/mol. The minimum atomic E-state index is -0.533. The summed E-state index contributed by atoms with van der Waals surface area (Å²) in [6, 6.07) is 12.0. The number of hydrogen-bond donors (Lipinski definition) is 1. The maximum absolute atomic E-state index is 13.6. The SMILES string of the molecule is C[C@@H]1CN(C(=O)c2nnc(-c3ccc(F)cn3)o2)[C@H](c2cc3ccccc3cn2)c2nc[nH]c21. The minimum absolute atomic E-state index is 0.0133. The first-order chi connectivity index (χ1) is 16.6. The highest BCUT2D eigenvalue weighted by atomic mass is 19.1. The molecule has 1 amide bonds. The minimum Gasteiger partial charge on any atom is -0.411 e. The number of aromatic amines is 1. The predicted molar refractivity (Wildman–Crippen MR) is 119 cm³/mol. The van der Waals surface area contributed by atoms with Crippen molar-refractivity contribution in [2.75, 3.05) is 6.54 Å². The standard InChI is InChI=1S/C24H18FN7O2/c1-13-11-32(24(33)23-31-30-22(34-23)17-7-6-16(25)10-27-17)21(20-19(13)28-12-29-20)18-8-14-4-2-3-5-15(14)9-26-18/h2-10,12-13,21H,11H2,1H3,(H,28,29)/t13-,21-/m1/s1. The number of amides is 1. The lowest BCUT2D eigenvalue weighted by Crippen LogP contribution is -2.42. The zero-order valence-electron chi connectivity index (χ0n) is 18.0. The molecule has 34 heavy (non-hydrogen) atoms. The van der Waals surface area contributed by atoms with Crippen LogP contribution in [-0.2, 0) is 0 Å². The van der Waals surface area contributed by atoms with Crippen LogP contribution in [0.15, 0.2) is 65.6 Å². The number of imidazole rings is 1. The Morgan fingerprint density at radius 1 is 1.09 bits per heavy atom. The molecule has 9 nitrogen and oxygen atoms in total. The summed E-state index contributed by atoms with van der Waals surface area (Å²) in [5.74, 6) is -1.06. The Bertz CT molecular complexity index is 1510. The molecule has 0 radical (unpaired) electrons. The second-order valence-electron chi connectivity index (χ2n) is 8.19. The molecule has 168 valence electrons. The fourth-order valence-electron chi connectivity index (χ4n) is 4.36. The summed E-state index contributed by atoms with van der Waals surface area (Å²) < 4.78 is 18.8. The number of fused-ring (bicyclic) bond motifs is 2. The second-order valence-corrected chi connectivity index (χ2v) is 8.19. The molecule has 1 aliphatic heterocycles. The van der Waals surface area contributed by atoms with Gasteiger partial charge >= 0.3 is 11.8 Å². The van der Waals surface area contributed by atoms with Gasteiger partial charge in [0.15, 0.2) is 0 Å². The van der Waals surface area contributed by atoms with Crippen LogP contribution < -0.4 is 0 Å². The first-order valence-corrected chi connectivity index (χ1v) is 10.7. The van der Waals surface area contributed by atoms with E-state index in [0.717, 1.165) is 28.4 Å². The van der Waals surface area contributed by atoms with Crippen LogP contribution in [0, 0.1) is 5.82 Å². The summed E-state index contributed by atoms with van der Waals surface area (Å²) in [5.41, 5.74) is 2.66. The molecule has 5 aromatic rings. The van der Waals surface area contributed by atoms with Gasteiger partial charge in [0.05, 0.1) is 23.9 Å². The van der Waals surface area contributed by atoms with Crippen molar-refractivity contribution in [2.45, 2.75) is 18.9 Å². The lowest BCUT2D eigenvalue weighted by atomic mass is 9.92. The maximum Gasteiger partial charge on any atom is 0.312 e. The van der Waals surface area contributed by atoms with Gasteiger partial charge in [0.2, 0.25) is 0 Å². The highest BCUT2D eigenvalue weighted by Gasteiger charge is 2.40. The topological polar surface area (TPSA) is 114 Å². The Morgan fingerprint density at radius 3 is 2.76 bits per heavy atom. The Hall–Kier alpha value is -4.47. The fraction of sp³-hybridized carbons (Fsp3) is 0.167. The highest BCUT2D eigenvalue weighted by Crippen LogP contribution is 2.38. The van der Waals surface area contributed by atoms with Gasteiger partial charge in [-0.2, -0.15) is 0 Å². The van der Waals surface area contributed by atoms with E-state index in [9.17, 15) is 9.18 Å². The van der Waals surface area contributed by atoms with Crippen LogP contribution in [0.5, 0.6) is 0 Å². The van der Waals surface area contributed by atoms with Crippen molar-refractivity contribution >= 4 is 16.7 Å². The van der Waals surface area contributed by atoms with Crippen molar-refractivity contribution in [1.29, 1.82) is 0 Å². The van der Waals surface area contributed by atoms with Crippen LogP contribution in [0.4, 0.5) is 4.39 Å². The molecule has 0 aliphatic carbocycles.